The third-order valence-electron chi connectivity index (χ3n) is 3.37. The van der Waals surface area contributed by atoms with Crippen LogP contribution in [0.3, 0.4) is 0 Å². The number of esters is 1. The molecule has 1 aliphatic heterocycles. The van der Waals surface area contributed by atoms with Crippen molar-refractivity contribution in [1.82, 2.24) is 0 Å². The fourth-order valence-corrected chi connectivity index (χ4v) is 2.56. The number of hydrogen-bond donors (Lipinski definition) is 0. The van der Waals surface area contributed by atoms with Gasteiger partial charge >= 0.3 is 5.97 Å². The Hall–Kier alpha value is -1.83. The summed E-state index contributed by atoms with van der Waals surface area (Å²) in [5, 5.41) is 2.34. The SMILES string of the molecule is CC1CC(c2cccc3ccccc23)C(=O)O1. The van der Waals surface area contributed by atoms with Crippen LogP contribution in [-0.4, -0.2) is 12.1 Å². The minimum Gasteiger partial charge on any atom is -0.462 e. The van der Waals surface area contributed by atoms with Crippen molar-refractivity contribution >= 4 is 16.7 Å². The zero-order valence-corrected chi connectivity index (χ0v) is 9.72. The van der Waals surface area contributed by atoms with E-state index < -0.39 is 0 Å². The van der Waals surface area contributed by atoms with Gasteiger partial charge in [-0.25, -0.2) is 0 Å². The molecule has 0 amide bonds. The molecular formula is C15H14O2. The summed E-state index contributed by atoms with van der Waals surface area (Å²) < 4.78 is 5.24. The zero-order chi connectivity index (χ0) is 11.8. The lowest BCUT2D eigenvalue weighted by molar-refractivity contribution is -0.141. The number of rotatable bonds is 1. The Morgan fingerprint density at radius 2 is 1.88 bits per heavy atom. The first kappa shape index (κ1) is 10.3. The van der Waals surface area contributed by atoms with Crippen LogP contribution >= 0.6 is 0 Å². The molecule has 1 fully saturated rings. The van der Waals surface area contributed by atoms with Gasteiger partial charge in [0.15, 0.2) is 0 Å². The standard InChI is InChI=1S/C15H14O2/c1-10-9-14(15(16)17-10)13-8-4-6-11-5-2-3-7-12(11)13/h2-8,10,14H,9H2,1H3. The highest BCUT2D eigenvalue weighted by molar-refractivity contribution is 5.91. The van der Waals surface area contributed by atoms with Crippen molar-refractivity contribution in [2.24, 2.45) is 0 Å². The quantitative estimate of drug-likeness (QED) is 0.698. The predicted octanol–water partition coefficient (Wildman–Crippen LogP) is 3.26. The fraction of sp³-hybridized carbons (Fsp3) is 0.267. The average Bonchev–Trinajstić information content (AvgIpc) is 2.68. The van der Waals surface area contributed by atoms with E-state index in [4.69, 9.17) is 4.74 Å². The van der Waals surface area contributed by atoms with Crippen LogP contribution in [0, 0.1) is 0 Å². The summed E-state index contributed by atoms with van der Waals surface area (Å²) in [6, 6.07) is 14.3. The lowest BCUT2D eigenvalue weighted by Crippen LogP contribution is -2.06. The summed E-state index contributed by atoms with van der Waals surface area (Å²) in [6.07, 6.45) is 0.818. The first-order chi connectivity index (χ1) is 8.25. The number of ether oxygens (including phenoxy) is 1. The zero-order valence-electron chi connectivity index (χ0n) is 9.72. The molecule has 2 heteroatoms. The Morgan fingerprint density at radius 3 is 2.65 bits per heavy atom. The van der Waals surface area contributed by atoms with Crippen molar-refractivity contribution in [1.29, 1.82) is 0 Å². The molecular weight excluding hydrogens is 212 g/mol. The molecule has 2 atom stereocenters. The van der Waals surface area contributed by atoms with Gasteiger partial charge in [0.1, 0.15) is 6.10 Å². The third-order valence-corrected chi connectivity index (χ3v) is 3.37. The van der Waals surface area contributed by atoms with Crippen LogP contribution in [0.25, 0.3) is 10.8 Å². The van der Waals surface area contributed by atoms with E-state index in [2.05, 4.69) is 18.2 Å². The second-order valence-corrected chi connectivity index (χ2v) is 4.60. The first-order valence-corrected chi connectivity index (χ1v) is 5.94. The fourth-order valence-electron chi connectivity index (χ4n) is 2.56. The van der Waals surface area contributed by atoms with Gasteiger partial charge < -0.3 is 4.74 Å². The van der Waals surface area contributed by atoms with Crippen LogP contribution in [0.15, 0.2) is 42.5 Å². The molecule has 17 heavy (non-hydrogen) atoms. The molecule has 1 saturated heterocycles. The highest BCUT2D eigenvalue weighted by atomic mass is 16.5. The van der Waals surface area contributed by atoms with E-state index in [9.17, 15) is 4.79 Å². The molecule has 0 aliphatic carbocycles. The smallest absolute Gasteiger partial charge is 0.313 e. The molecule has 3 rings (SSSR count). The largest absolute Gasteiger partial charge is 0.462 e. The topological polar surface area (TPSA) is 26.3 Å². The Morgan fingerprint density at radius 1 is 1.12 bits per heavy atom. The molecule has 1 heterocycles. The van der Waals surface area contributed by atoms with Gasteiger partial charge in [-0.1, -0.05) is 42.5 Å². The maximum atomic E-state index is 11.8. The van der Waals surface area contributed by atoms with Crippen LogP contribution in [0.1, 0.15) is 24.8 Å². The van der Waals surface area contributed by atoms with E-state index in [1.165, 1.54) is 5.39 Å². The average molecular weight is 226 g/mol. The minimum atomic E-state index is -0.101. The van der Waals surface area contributed by atoms with Crippen molar-refractivity contribution in [3.63, 3.8) is 0 Å². The van der Waals surface area contributed by atoms with Gasteiger partial charge in [-0.2, -0.15) is 0 Å². The number of carbonyl (C=O) groups excluding carboxylic acids is 1. The molecule has 86 valence electrons. The van der Waals surface area contributed by atoms with Crippen LogP contribution in [0.4, 0.5) is 0 Å². The summed E-state index contributed by atoms with van der Waals surface area (Å²) in [7, 11) is 0. The van der Waals surface area contributed by atoms with E-state index >= 15 is 0 Å². The number of fused-ring (bicyclic) bond motifs is 1. The van der Waals surface area contributed by atoms with Crippen molar-refractivity contribution < 1.29 is 9.53 Å². The summed E-state index contributed by atoms with van der Waals surface area (Å²) in [4.78, 5) is 11.8. The molecule has 0 saturated carbocycles. The molecule has 2 nitrogen and oxygen atoms in total. The molecule has 2 unspecified atom stereocenters. The van der Waals surface area contributed by atoms with Gasteiger partial charge in [-0.15, -0.1) is 0 Å². The predicted molar refractivity (Wildman–Crippen MR) is 66.9 cm³/mol. The Bertz CT molecular complexity index is 569. The molecule has 2 aromatic carbocycles. The van der Waals surface area contributed by atoms with Crippen molar-refractivity contribution in [3.8, 4) is 0 Å². The third kappa shape index (κ3) is 1.70. The molecule has 0 spiro atoms. The van der Waals surface area contributed by atoms with Crippen LogP contribution in [0.5, 0.6) is 0 Å². The molecule has 0 bridgehead atoms. The summed E-state index contributed by atoms with van der Waals surface area (Å²) in [5.74, 6) is -0.190. The number of hydrogen-bond acceptors (Lipinski definition) is 2. The van der Waals surface area contributed by atoms with E-state index in [1.807, 2.05) is 31.2 Å². The summed E-state index contributed by atoms with van der Waals surface area (Å²) in [5.41, 5.74) is 1.09. The highest BCUT2D eigenvalue weighted by Gasteiger charge is 2.33. The van der Waals surface area contributed by atoms with Gasteiger partial charge in [0.25, 0.3) is 0 Å². The first-order valence-electron chi connectivity index (χ1n) is 5.94. The second kappa shape index (κ2) is 3.88. The lowest BCUT2D eigenvalue weighted by atomic mass is 9.91. The molecule has 2 aromatic rings. The van der Waals surface area contributed by atoms with Crippen molar-refractivity contribution in [3.05, 3.63) is 48.0 Å². The van der Waals surface area contributed by atoms with Crippen molar-refractivity contribution in [2.75, 3.05) is 0 Å². The van der Waals surface area contributed by atoms with E-state index in [-0.39, 0.29) is 18.0 Å². The molecule has 0 radical (unpaired) electrons. The Kier molecular flexibility index (Phi) is 2.36. The monoisotopic (exact) mass is 226 g/mol. The van der Waals surface area contributed by atoms with Crippen LogP contribution in [0.2, 0.25) is 0 Å². The molecule has 1 aliphatic rings. The van der Waals surface area contributed by atoms with Gasteiger partial charge in [-0.05, 0) is 23.3 Å². The maximum absolute atomic E-state index is 11.8. The van der Waals surface area contributed by atoms with Crippen LogP contribution < -0.4 is 0 Å². The van der Waals surface area contributed by atoms with Gasteiger partial charge in [0.2, 0.25) is 0 Å². The second-order valence-electron chi connectivity index (χ2n) is 4.60. The molecule has 0 aromatic heterocycles. The van der Waals surface area contributed by atoms with Crippen LogP contribution in [-0.2, 0) is 9.53 Å². The van der Waals surface area contributed by atoms with Gasteiger partial charge in [0.05, 0.1) is 5.92 Å². The van der Waals surface area contributed by atoms with E-state index in [0.29, 0.717) is 0 Å². The van der Waals surface area contributed by atoms with Gasteiger partial charge in [-0.3, -0.25) is 4.79 Å². The summed E-state index contributed by atoms with van der Waals surface area (Å²) in [6.45, 7) is 1.95. The van der Waals surface area contributed by atoms with E-state index in [1.54, 1.807) is 0 Å². The Labute approximate surface area is 100 Å². The number of cyclic esters (lactones) is 1. The normalized spacial score (nSPS) is 23.9. The minimum absolute atomic E-state index is 0.0338. The number of benzene rings is 2. The summed E-state index contributed by atoms with van der Waals surface area (Å²) >= 11 is 0. The maximum Gasteiger partial charge on any atom is 0.313 e. The van der Waals surface area contributed by atoms with Crippen molar-refractivity contribution in [2.45, 2.75) is 25.4 Å². The molecule has 0 N–H and O–H groups in total. The Balaban J connectivity index is 2.14. The highest BCUT2D eigenvalue weighted by Crippen LogP contribution is 2.34. The van der Waals surface area contributed by atoms with Gasteiger partial charge in [0, 0.05) is 6.42 Å². The lowest BCUT2D eigenvalue weighted by Gasteiger charge is -2.09. The number of carbonyl (C=O) groups is 1. The van der Waals surface area contributed by atoms with E-state index in [0.717, 1.165) is 17.4 Å².